The molecule has 1 aliphatic carbocycles. The number of halogens is 1. The zero-order valence-electron chi connectivity index (χ0n) is 18.6. The number of rotatable bonds is 4. The molecule has 2 aliphatic heterocycles. The highest BCUT2D eigenvalue weighted by atomic mass is 35.5. The van der Waals surface area contributed by atoms with E-state index in [1.54, 1.807) is 34.6 Å². The van der Waals surface area contributed by atoms with Crippen molar-refractivity contribution in [3.8, 4) is 0 Å². The maximum atomic E-state index is 12.8. The van der Waals surface area contributed by atoms with Gasteiger partial charge in [-0.3, -0.25) is 15.0 Å². The molecule has 1 fully saturated rings. The molecule has 1 amide bonds. The predicted octanol–water partition coefficient (Wildman–Crippen LogP) is 3.72. The van der Waals surface area contributed by atoms with E-state index in [-0.39, 0.29) is 35.9 Å². The van der Waals surface area contributed by atoms with Crippen molar-refractivity contribution < 1.29 is 9.59 Å². The normalized spacial score (nSPS) is 21.9. The third-order valence-electron chi connectivity index (χ3n) is 6.58. The van der Waals surface area contributed by atoms with Gasteiger partial charge in [-0.25, -0.2) is 0 Å². The number of amides is 1. The lowest BCUT2D eigenvalue weighted by Crippen LogP contribution is -2.37. The lowest BCUT2D eigenvalue weighted by Gasteiger charge is -2.26. The first kappa shape index (κ1) is 23.4. The molecule has 5 rings (SSSR count). The minimum absolute atomic E-state index is 0. The first-order valence-electron chi connectivity index (χ1n) is 10.9. The Morgan fingerprint density at radius 2 is 2.12 bits per heavy atom. The lowest BCUT2D eigenvalue weighted by atomic mass is 9.85. The van der Waals surface area contributed by atoms with Crippen molar-refractivity contribution in [1.29, 1.82) is 0 Å². The van der Waals surface area contributed by atoms with E-state index in [2.05, 4.69) is 34.9 Å². The van der Waals surface area contributed by atoms with E-state index >= 15 is 0 Å². The zero-order valence-corrected chi connectivity index (χ0v) is 20.3. The molecule has 0 spiro atoms. The Bertz CT molecular complexity index is 1230. The van der Waals surface area contributed by atoms with Crippen molar-refractivity contribution in [3.05, 3.63) is 69.8 Å². The van der Waals surface area contributed by atoms with Crippen molar-refractivity contribution in [1.82, 2.24) is 15.6 Å². The molecule has 0 saturated carbocycles. The maximum Gasteiger partial charge on any atom is 0.246 e. The van der Waals surface area contributed by atoms with Crippen molar-refractivity contribution in [2.24, 2.45) is 16.9 Å². The van der Waals surface area contributed by atoms with Crippen LogP contribution >= 0.6 is 23.7 Å². The summed E-state index contributed by atoms with van der Waals surface area (Å²) in [6.45, 7) is 4.35. The topological polar surface area (TPSA) is 73.8 Å². The average molecular weight is 483 g/mol. The molecule has 1 aromatic carbocycles. The molecule has 0 radical (unpaired) electrons. The summed E-state index contributed by atoms with van der Waals surface area (Å²) in [4.78, 5) is 28.4. The van der Waals surface area contributed by atoms with Gasteiger partial charge in [0.05, 0.1) is 12.8 Å². The third-order valence-corrected chi connectivity index (χ3v) is 7.84. The van der Waals surface area contributed by atoms with Gasteiger partial charge in [-0.05, 0) is 60.2 Å². The summed E-state index contributed by atoms with van der Waals surface area (Å²) in [5.74, 6) is 0.279. The van der Waals surface area contributed by atoms with Crippen LogP contribution in [0.3, 0.4) is 0 Å². The smallest absolute Gasteiger partial charge is 0.246 e. The Hall–Kier alpha value is -2.74. The number of aryl methyl sites for hydroxylation is 1. The summed E-state index contributed by atoms with van der Waals surface area (Å²) in [6.07, 6.45) is 7.87. The fourth-order valence-corrected chi connectivity index (χ4v) is 6.02. The second kappa shape index (κ2) is 9.63. The number of hydrogen-bond acceptors (Lipinski definition) is 6. The van der Waals surface area contributed by atoms with Crippen LogP contribution < -0.4 is 10.7 Å². The molecule has 8 heteroatoms. The minimum Gasteiger partial charge on any atom is -0.337 e. The number of allylic oxidation sites excluding steroid dienone is 4. The number of carbonyl (C=O) groups is 2. The fraction of sp³-hybridized carbons (Fsp3) is 0.320. The summed E-state index contributed by atoms with van der Waals surface area (Å²) in [5, 5.41) is 8.85. The first-order valence-corrected chi connectivity index (χ1v) is 11.7. The largest absolute Gasteiger partial charge is 0.337 e. The Morgan fingerprint density at radius 1 is 1.30 bits per heavy atom. The van der Waals surface area contributed by atoms with E-state index < -0.39 is 0 Å². The van der Waals surface area contributed by atoms with E-state index in [1.807, 2.05) is 25.3 Å². The number of carbonyl (C=O) groups excluding carboxylic acids is 2. The molecule has 6 nitrogen and oxygen atoms in total. The third kappa shape index (κ3) is 4.40. The molecule has 2 N–H and O–H groups in total. The minimum atomic E-state index is -0.0673. The number of likely N-dealkylation sites (N-methyl/N-ethyl adjacent to an activating group) is 1. The Kier molecular flexibility index (Phi) is 6.83. The molecule has 1 saturated heterocycles. The van der Waals surface area contributed by atoms with E-state index in [4.69, 9.17) is 0 Å². The molecule has 172 valence electrons. The van der Waals surface area contributed by atoms with Gasteiger partial charge >= 0.3 is 0 Å². The number of piperidine rings is 1. The summed E-state index contributed by atoms with van der Waals surface area (Å²) in [7, 11) is 1.82. The van der Waals surface area contributed by atoms with Crippen LogP contribution in [0.1, 0.15) is 16.9 Å². The maximum absolute atomic E-state index is 12.8. The van der Waals surface area contributed by atoms with Crippen LogP contribution in [0.15, 0.2) is 64.4 Å². The van der Waals surface area contributed by atoms with Crippen molar-refractivity contribution in [3.63, 3.8) is 0 Å². The number of benzene rings is 1. The number of hydrazone groups is 1. The van der Waals surface area contributed by atoms with Gasteiger partial charge in [-0.15, -0.1) is 23.7 Å². The van der Waals surface area contributed by atoms with Gasteiger partial charge in [-0.2, -0.15) is 5.10 Å². The molecule has 0 bridgehead atoms. The molecule has 1 unspecified atom stereocenters. The second-order valence-corrected chi connectivity index (χ2v) is 9.73. The van der Waals surface area contributed by atoms with Gasteiger partial charge in [0.25, 0.3) is 0 Å². The summed E-state index contributed by atoms with van der Waals surface area (Å²) in [6, 6.07) is 8.33. The number of thiophene rings is 1. The van der Waals surface area contributed by atoms with Gasteiger partial charge in [0, 0.05) is 41.1 Å². The van der Waals surface area contributed by atoms with E-state index in [1.165, 1.54) is 20.5 Å². The number of nitrogens with zero attached hydrogens (tertiary/aromatic N) is 2. The molecular weight excluding hydrogens is 456 g/mol. The van der Waals surface area contributed by atoms with Crippen molar-refractivity contribution in [2.75, 3.05) is 20.1 Å². The highest BCUT2D eigenvalue weighted by Crippen LogP contribution is 2.38. The summed E-state index contributed by atoms with van der Waals surface area (Å²) >= 11 is 1.74. The second-order valence-electron chi connectivity index (χ2n) is 8.59. The number of ketones is 1. The van der Waals surface area contributed by atoms with Gasteiger partial charge < -0.3 is 10.2 Å². The van der Waals surface area contributed by atoms with Gasteiger partial charge in [0.1, 0.15) is 5.70 Å². The van der Waals surface area contributed by atoms with Crippen molar-refractivity contribution >= 4 is 51.7 Å². The molecule has 2 atom stereocenters. The van der Waals surface area contributed by atoms with Crippen LogP contribution in [0.2, 0.25) is 0 Å². The van der Waals surface area contributed by atoms with Crippen LogP contribution in [0.25, 0.3) is 10.1 Å². The van der Waals surface area contributed by atoms with Gasteiger partial charge in [0.15, 0.2) is 5.78 Å². The van der Waals surface area contributed by atoms with E-state index in [0.717, 1.165) is 30.7 Å². The molecule has 2 aromatic rings. The fourth-order valence-electron chi connectivity index (χ4n) is 4.75. The summed E-state index contributed by atoms with van der Waals surface area (Å²) < 4.78 is 1.24. The summed E-state index contributed by atoms with van der Waals surface area (Å²) in [5.41, 5.74) is 6.57. The zero-order chi connectivity index (χ0) is 22.2. The van der Waals surface area contributed by atoms with E-state index in [9.17, 15) is 9.59 Å². The van der Waals surface area contributed by atoms with Crippen LogP contribution in [0.4, 0.5) is 0 Å². The Balaban J connectivity index is 0.00000259. The average Bonchev–Trinajstić information content (AvgIpc) is 3.15. The Morgan fingerprint density at radius 3 is 2.94 bits per heavy atom. The first-order chi connectivity index (χ1) is 15.5. The number of nitrogens with one attached hydrogen (secondary N) is 2. The van der Waals surface area contributed by atoms with E-state index in [0.29, 0.717) is 12.2 Å². The Labute approximate surface area is 203 Å². The molecule has 33 heavy (non-hydrogen) atoms. The highest BCUT2D eigenvalue weighted by Gasteiger charge is 2.42. The number of fused-ring (bicyclic) bond motifs is 3. The quantitative estimate of drug-likeness (QED) is 0.651. The van der Waals surface area contributed by atoms with Crippen LogP contribution in [0, 0.1) is 18.8 Å². The number of Topliss-reactive ketones (excluding diaryl/α,β-unsaturated/α-hetero) is 1. The molecule has 1 aromatic heterocycles. The van der Waals surface area contributed by atoms with Crippen LogP contribution in [-0.2, 0) is 16.1 Å². The van der Waals surface area contributed by atoms with Crippen LogP contribution in [0.5, 0.6) is 0 Å². The number of hydrogen-bond donors (Lipinski definition) is 2. The lowest BCUT2D eigenvalue weighted by molar-refractivity contribution is -0.125. The molecule has 3 heterocycles. The standard InChI is InChI=1S/C25H26N4O2S.ClH/c1-15-17-5-3-4-6-21(17)32-22(15)14-29(2)23(30)8-7-16-11-19-20-13-26-10-9-18(20)25(31)24(19)28-27-12-16;/h3-8,11-12,18,20,26,28H,9-10,13-14H2,1-2H3;1H/b8-7+;/t18-,20?;/m1./s1. The van der Waals surface area contributed by atoms with Crippen molar-refractivity contribution in [2.45, 2.75) is 19.9 Å². The molecule has 3 aliphatic rings. The van der Waals surface area contributed by atoms with Gasteiger partial charge in [-0.1, -0.05) is 18.2 Å². The monoisotopic (exact) mass is 482 g/mol. The predicted molar refractivity (Wildman–Crippen MR) is 136 cm³/mol. The SMILES string of the molecule is Cc1c(CN(C)C(=O)/C=C/C2=CC3=C(NN=C2)C(=O)[C@@H]2CCNCC32)sc2ccccc12.Cl. The van der Waals surface area contributed by atoms with Gasteiger partial charge in [0.2, 0.25) is 5.91 Å². The van der Waals surface area contributed by atoms with Crippen LogP contribution in [-0.4, -0.2) is 42.9 Å². The molecular formula is C25H27ClN4O2S. The highest BCUT2D eigenvalue weighted by molar-refractivity contribution is 7.19.